The molecular weight excluding hydrogens is 232 g/mol. The molecule has 0 aromatic carbocycles. The Labute approximate surface area is 106 Å². The number of hydrogen-bond donors (Lipinski definition) is 1. The van der Waals surface area contributed by atoms with Crippen molar-refractivity contribution in [1.82, 2.24) is 14.7 Å². The van der Waals surface area contributed by atoms with Gasteiger partial charge in [0, 0.05) is 25.7 Å². The number of esters is 1. The van der Waals surface area contributed by atoms with Gasteiger partial charge in [0.25, 0.3) is 0 Å². The second-order valence-electron chi connectivity index (χ2n) is 4.96. The summed E-state index contributed by atoms with van der Waals surface area (Å²) in [5, 5.41) is 4.26. The van der Waals surface area contributed by atoms with Crippen LogP contribution in [0.2, 0.25) is 0 Å². The van der Waals surface area contributed by atoms with Gasteiger partial charge < -0.3 is 10.5 Å². The fourth-order valence-electron chi connectivity index (χ4n) is 2.83. The summed E-state index contributed by atoms with van der Waals surface area (Å²) < 4.78 is 6.96. The summed E-state index contributed by atoms with van der Waals surface area (Å²) in [7, 11) is 0. The van der Waals surface area contributed by atoms with E-state index < -0.39 is 0 Å². The molecule has 1 aromatic rings. The van der Waals surface area contributed by atoms with E-state index in [0.29, 0.717) is 18.5 Å². The number of nitrogen functional groups attached to an aromatic ring is 1. The summed E-state index contributed by atoms with van der Waals surface area (Å²) in [5.41, 5.74) is 5.63. The number of cyclic esters (lactones) is 1. The third kappa shape index (κ3) is 2.08. The summed E-state index contributed by atoms with van der Waals surface area (Å²) in [6.45, 7) is 2.41. The summed E-state index contributed by atoms with van der Waals surface area (Å²) in [4.78, 5) is 13.8. The lowest BCUT2D eigenvalue weighted by Crippen LogP contribution is -2.44. The van der Waals surface area contributed by atoms with Gasteiger partial charge in [-0.1, -0.05) is 0 Å². The predicted molar refractivity (Wildman–Crippen MR) is 65.8 cm³/mol. The largest absolute Gasteiger partial charge is 0.464 e. The number of aromatic nitrogens is 2. The topological polar surface area (TPSA) is 73.4 Å². The normalized spacial score (nSPS) is 26.4. The molecule has 3 rings (SSSR count). The van der Waals surface area contributed by atoms with E-state index in [4.69, 9.17) is 10.5 Å². The average Bonchev–Trinajstić information content (AvgIpc) is 2.98. The van der Waals surface area contributed by atoms with Crippen molar-refractivity contribution >= 4 is 11.8 Å². The van der Waals surface area contributed by atoms with Crippen LogP contribution < -0.4 is 5.73 Å². The molecule has 0 bridgehead atoms. The van der Waals surface area contributed by atoms with Gasteiger partial charge in [0.15, 0.2) is 0 Å². The van der Waals surface area contributed by atoms with Gasteiger partial charge in [-0.05, 0) is 18.9 Å². The van der Waals surface area contributed by atoms with Gasteiger partial charge in [-0.15, -0.1) is 0 Å². The fraction of sp³-hybridized carbons (Fsp3) is 0.667. The van der Waals surface area contributed by atoms with Crippen LogP contribution in [0.25, 0.3) is 0 Å². The molecule has 0 radical (unpaired) electrons. The molecule has 1 aromatic heterocycles. The Hall–Kier alpha value is -1.56. The number of likely N-dealkylation sites (tertiary alicyclic amines) is 1. The highest BCUT2D eigenvalue weighted by atomic mass is 16.5. The van der Waals surface area contributed by atoms with Crippen LogP contribution in [0.4, 0.5) is 5.82 Å². The molecule has 0 aliphatic carbocycles. The molecule has 0 saturated carbocycles. The molecule has 2 N–H and O–H groups in total. The van der Waals surface area contributed by atoms with Gasteiger partial charge >= 0.3 is 5.97 Å². The molecule has 18 heavy (non-hydrogen) atoms. The Bertz CT molecular complexity index is 437. The number of nitrogens with two attached hydrogens (primary N) is 1. The molecule has 1 unspecified atom stereocenters. The minimum Gasteiger partial charge on any atom is -0.464 e. The molecule has 0 amide bonds. The smallest absolute Gasteiger partial charge is 0.323 e. The van der Waals surface area contributed by atoms with Crippen LogP contribution in [0.5, 0.6) is 0 Å². The second kappa shape index (κ2) is 4.61. The number of ether oxygens (including phenoxy) is 1. The second-order valence-corrected chi connectivity index (χ2v) is 4.96. The number of hydrogen-bond acceptors (Lipinski definition) is 5. The first-order valence-corrected chi connectivity index (χ1v) is 6.45. The van der Waals surface area contributed by atoms with E-state index >= 15 is 0 Å². The molecule has 98 valence electrons. The monoisotopic (exact) mass is 250 g/mol. The maximum Gasteiger partial charge on any atom is 0.323 e. The third-order valence-electron chi connectivity index (χ3n) is 3.85. The maximum atomic E-state index is 11.5. The Kier molecular flexibility index (Phi) is 2.95. The van der Waals surface area contributed by atoms with Crippen molar-refractivity contribution in [2.24, 2.45) is 0 Å². The van der Waals surface area contributed by atoms with Crippen LogP contribution in [-0.4, -0.2) is 46.4 Å². The van der Waals surface area contributed by atoms with Crippen LogP contribution in [0.3, 0.4) is 0 Å². The van der Waals surface area contributed by atoms with Crippen molar-refractivity contribution in [3.63, 3.8) is 0 Å². The van der Waals surface area contributed by atoms with Gasteiger partial charge in [0.2, 0.25) is 0 Å². The number of carbonyl (C=O) groups excluding carboxylic acids is 1. The van der Waals surface area contributed by atoms with Crippen molar-refractivity contribution in [3.05, 3.63) is 12.3 Å². The molecule has 2 saturated heterocycles. The Morgan fingerprint density at radius 1 is 1.33 bits per heavy atom. The van der Waals surface area contributed by atoms with Crippen LogP contribution in [0.15, 0.2) is 12.3 Å². The molecular formula is C12H18N4O2. The number of anilines is 1. The molecule has 6 nitrogen and oxygen atoms in total. The van der Waals surface area contributed by atoms with Crippen LogP contribution in [0, 0.1) is 0 Å². The fourth-order valence-corrected chi connectivity index (χ4v) is 2.83. The van der Waals surface area contributed by atoms with E-state index in [1.54, 1.807) is 0 Å². The quantitative estimate of drug-likeness (QED) is 0.770. The zero-order valence-electron chi connectivity index (χ0n) is 10.3. The van der Waals surface area contributed by atoms with Gasteiger partial charge in [-0.2, -0.15) is 5.10 Å². The summed E-state index contributed by atoms with van der Waals surface area (Å²) in [5.74, 6) is 0.508. The number of nitrogens with zero attached hydrogens (tertiary/aromatic N) is 3. The predicted octanol–water partition coefficient (Wildman–Crippen LogP) is 0.418. The van der Waals surface area contributed by atoms with Gasteiger partial charge in [0.1, 0.15) is 11.9 Å². The van der Waals surface area contributed by atoms with E-state index in [9.17, 15) is 4.79 Å². The van der Waals surface area contributed by atoms with E-state index in [-0.39, 0.29) is 12.0 Å². The zero-order chi connectivity index (χ0) is 12.5. The van der Waals surface area contributed by atoms with Gasteiger partial charge in [-0.25, -0.2) is 0 Å². The first-order chi connectivity index (χ1) is 8.74. The molecule has 2 aliphatic heterocycles. The van der Waals surface area contributed by atoms with Crippen molar-refractivity contribution in [2.45, 2.75) is 31.3 Å². The van der Waals surface area contributed by atoms with Crippen LogP contribution in [0.1, 0.15) is 25.3 Å². The first-order valence-electron chi connectivity index (χ1n) is 6.45. The molecule has 2 fully saturated rings. The highest BCUT2D eigenvalue weighted by Crippen LogP contribution is 2.26. The lowest BCUT2D eigenvalue weighted by Gasteiger charge is -2.34. The molecule has 3 heterocycles. The summed E-state index contributed by atoms with van der Waals surface area (Å²) >= 11 is 0. The van der Waals surface area contributed by atoms with E-state index in [0.717, 1.165) is 32.4 Å². The standard InChI is InChI=1S/C12H18N4O2/c13-11-3-7-16(14-11)9-1-5-15(6-2-9)10-4-8-18-12(10)17/h3,7,9-10H,1-2,4-6,8H2,(H2,13,14). The Morgan fingerprint density at radius 3 is 2.67 bits per heavy atom. The minimum absolute atomic E-state index is 0.0198. The number of carbonyl (C=O) groups is 1. The highest BCUT2D eigenvalue weighted by molar-refractivity contribution is 5.77. The van der Waals surface area contributed by atoms with Crippen LogP contribution in [-0.2, 0) is 9.53 Å². The first kappa shape index (κ1) is 11.5. The molecule has 2 aliphatic rings. The zero-order valence-corrected chi connectivity index (χ0v) is 10.3. The van der Waals surface area contributed by atoms with Gasteiger partial charge in [-0.3, -0.25) is 14.4 Å². The third-order valence-corrected chi connectivity index (χ3v) is 3.85. The SMILES string of the molecule is Nc1ccn(C2CCN(C3CCOC3=O)CC2)n1. The van der Waals surface area contributed by atoms with Crippen molar-refractivity contribution in [1.29, 1.82) is 0 Å². The van der Waals surface area contributed by atoms with Crippen molar-refractivity contribution in [2.75, 3.05) is 25.4 Å². The lowest BCUT2D eigenvalue weighted by molar-refractivity contribution is -0.142. The Morgan fingerprint density at radius 2 is 2.11 bits per heavy atom. The highest BCUT2D eigenvalue weighted by Gasteiger charge is 2.34. The molecule has 0 spiro atoms. The van der Waals surface area contributed by atoms with E-state index in [2.05, 4.69) is 10.00 Å². The minimum atomic E-state index is -0.0585. The summed E-state index contributed by atoms with van der Waals surface area (Å²) in [6, 6.07) is 2.20. The Balaban J connectivity index is 1.59. The van der Waals surface area contributed by atoms with Gasteiger partial charge in [0.05, 0.1) is 12.6 Å². The van der Waals surface area contributed by atoms with Crippen LogP contribution >= 0.6 is 0 Å². The number of rotatable bonds is 2. The van der Waals surface area contributed by atoms with E-state index in [1.807, 2.05) is 16.9 Å². The maximum absolute atomic E-state index is 11.5. The number of piperidine rings is 1. The van der Waals surface area contributed by atoms with Crippen molar-refractivity contribution in [3.8, 4) is 0 Å². The lowest BCUT2D eigenvalue weighted by atomic mass is 10.0. The average molecular weight is 250 g/mol. The summed E-state index contributed by atoms with van der Waals surface area (Å²) in [6.07, 6.45) is 4.77. The van der Waals surface area contributed by atoms with Crippen molar-refractivity contribution < 1.29 is 9.53 Å². The van der Waals surface area contributed by atoms with E-state index in [1.165, 1.54) is 0 Å². The molecule has 6 heteroatoms. The molecule has 1 atom stereocenters.